The zero-order valence-electron chi connectivity index (χ0n) is 21.7. The fourth-order valence-electron chi connectivity index (χ4n) is 4.96. The quantitative estimate of drug-likeness (QED) is 0.510. The molecule has 1 fully saturated rings. The predicted octanol–water partition coefficient (Wildman–Crippen LogP) is 3.23. The summed E-state index contributed by atoms with van der Waals surface area (Å²) in [6, 6.07) is 3.69. The Morgan fingerprint density at radius 3 is 2.56 bits per heavy atom. The Balaban J connectivity index is 1.64. The van der Waals surface area contributed by atoms with Gasteiger partial charge >= 0.3 is 0 Å². The summed E-state index contributed by atoms with van der Waals surface area (Å²) in [5.74, 6) is 1.11. The second-order valence-electron chi connectivity index (χ2n) is 10.1. The van der Waals surface area contributed by atoms with Gasteiger partial charge < -0.3 is 30.3 Å². The van der Waals surface area contributed by atoms with E-state index in [9.17, 15) is 14.7 Å². The molecule has 0 aromatic carbocycles. The van der Waals surface area contributed by atoms with Gasteiger partial charge in [-0.3, -0.25) is 9.59 Å². The lowest BCUT2D eigenvalue weighted by Gasteiger charge is -2.44. The standard InChI is InChI=1S/C26H36N6O4/c1-6-18-25(35)31(4)20-14-27-22(12-19(20)32(18)17-9-7-8-10-17)29-23-21(36-5)11-16(13-28-23)24(34)30-26(2,3)15-33/h11-14,17-18,33H,6-10,15H2,1-5H3,(H,30,34)(H,27,28,29). The minimum absolute atomic E-state index is 0.0981. The molecule has 3 heterocycles. The van der Waals surface area contributed by atoms with Crippen molar-refractivity contribution >= 4 is 34.8 Å². The smallest absolute Gasteiger partial charge is 0.253 e. The van der Waals surface area contributed by atoms with Crippen LogP contribution in [0.1, 0.15) is 63.2 Å². The maximum absolute atomic E-state index is 13.1. The lowest BCUT2D eigenvalue weighted by Crippen LogP contribution is -2.55. The van der Waals surface area contributed by atoms with Crippen LogP contribution >= 0.6 is 0 Å². The van der Waals surface area contributed by atoms with E-state index in [1.165, 1.54) is 26.1 Å². The molecule has 0 saturated heterocycles. The first-order chi connectivity index (χ1) is 17.2. The van der Waals surface area contributed by atoms with E-state index in [-0.39, 0.29) is 24.5 Å². The van der Waals surface area contributed by atoms with Crippen molar-refractivity contribution in [3.8, 4) is 5.75 Å². The second-order valence-corrected chi connectivity index (χ2v) is 10.1. The number of nitrogens with zero attached hydrogens (tertiary/aromatic N) is 4. The number of rotatable bonds is 8. The van der Waals surface area contributed by atoms with Gasteiger partial charge in [0.1, 0.15) is 11.9 Å². The highest BCUT2D eigenvalue weighted by atomic mass is 16.5. The largest absolute Gasteiger partial charge is 0.493 e. The molecule has 36 heavy (non-hydrogen) atoms. The average Bonchev–Trinajstić information content (AvgIpc) is 3.40. The molecule has 10 heteroatoms. The summed E-state index contributed by atoms with van der Waals surface area (Å²) in [6.07, 6.45) is 8.39. The molecule has 2 amide bonds. The number of carbonyl (C=O) groups is 2. The van der Waals surface area contributed by atoms with E-state index in [2.05, 4.69) is 32.4 Å². The summed E-state index contributed by atoms with van der Waals surface area (Å²) in [7, 11) is 3.31. The Morgan fingerprint density at radius 2 is 1.92 bits per heavy atom. The minimum Gasteiger partial charge on any atom is -0.493 e. The normalized spacial score (nSPS) is 18.3. The monoisotopic (exact) mass is 496 g/mol. The maximum atomic E-state index is 13.1. The molecule has 1 atom stereocenters. The van der Waals surface area contributed by atoms with Gasteiger partial charge in [-0.1, -0.05) is 19.8 Å². The topological polar surface area (TPSA) is 120 Å². The van der Waals surface area contributed by atoms with Gasteiger partial charge in [0.05, 0.1) is 42.4 Å². The van der Waals surface area contributed by atoms with Crippen molar-refractivity contribution in [2.75, 3.05) is 35.9 Å². The lowest BCUT2D eigenvalue weighted by atomic mass is 10.0. The number of ether oxygens (including phenoxy) is 1. The molecule has 4 rings (SSSR count). The minimum atomic E-state index is -0.760. The first-order valence-corrected chi connectivity index (χ1v) is 12.5. The molecule has 1 aliphatic carbocycles. The van der Waals surface area contributed by atoms with E-state index in [1.54, 1.807) is 38.1 Å². The SMILES string of the molecule is CCC1C(=O)N(C)c2cnc(Nc3ncc(C(=O)NC(C)(C)CO)cc3OC)cc2N1C1CCCC1. The van der Waals surface area contributed by atoms with Gasteiger partial charge in [0, 0.05) is 25.4 Å². The molecular formula is C26H36N6O4. The number of aromatic nitrogens is 2. The van der Waals surface area contributed by atoms with Crippen LogP contribution in [0, 0.1) is 0 Å². The van der Waals surface area contributed by atoms with E-state index in [0.717, 1.165) is 30.6 Å². The Labute approximate surface area is 212 Å². The third-order valence-electron chi connectivity index (χ3n) is 6.99. The summed E-state index contributed by atoms with van der Waals surface area (Å²) in [4.78, 5) is 38.7. The van der Waals surface area contributed by atoms with Crippen LogP contribution in [0.15, 0.2) is 24.5 Å². The number of amides is 2. The van der Waals surface area contributed by atoms with Crippen LogP contribution in [0.3, 0.4) is 0 Å². The highest BCUT2D eigenvalue weighted by Gasteiger charge is 2.40. The Hall–Kier alpha value is -3.40. The van der Waals surface area contributed by atoms with Crippen molar-refractivity contribution in [3.63, 3.8) is 0 Å². The fourth-order valence-corrected chi connectivity index (χ4v) is 4.96. The van der Waals surface area contributed by atoms with Crippen molar-refractivity contribution in [1.82, 2.24) is 15.3 Å². The van der Waals surface area contributed by atoms with E-state index >= 15 is 0 Å². The van der Waals surface area contributed by atoms with Gasteiger partial charge in [-0.2, -0.15) is 0 Å². The Morgan fingerprint density at radius 1 is 1.19 bits per heavy atom. The number of methoxy groups -OCH3 is 1. The summed E-state index contributed by atoms with van der Waals surface area (Å²) >= 11 is 0. The second kappa shape index (κ2) is 10.3. The highest BCUT2D eigenvalue weighted by Crippen LogP contribution is 2.42. The van der Waals surface area contributed by atoms with E-state index in [1.807, 2.05) is 6.07 Å². The third kappa shape index (κ3) is 4.95. The summed E-state index contributed by atoms with van der Waals surface area (Å²) in [5, 5.41) is 15.4. The van der Waals surface area contributed by atoms with Gasteiger partial charge in [0.15, 0.2) is 11.6 Å². The number of fused-ring (bicyclic) bond motifs is 1. The fraction of sp³-hybridized carbons (Fsp3) is 0.538. The van der Waals surface area contributed by atoms with Crippen molar-refractivity contribution in [3.05, 3.63) is 30.1 Å². The van der Waals surface area contributed by atoms with Gasteiger partial charge in [-0.25, -0.2) is 9.97 Å². The molecule has 3 N–H and O–H groups in total. The number of aliphatic hydroxyl groups excluding tert-OH is 1. The molecule has 0 spiro atoms. The molecule has 10 nitrogen and oxygen atoms in total. The number of likely N-dealkylation sites (N-methyl/N-ethyl adjacent to an activating group) is 1. The average molecular weight is 497 g/mol. The highest BCUT2D eigenvalue weighted by molar-refractivity contribution is 6.05. The number of carbonyl (C=O) groups excluding carboxylic acids is 2. The number of hydrogen-bond donors (Lipinski definition) is 3. The van der Waals surface area contributed by atoms with E-state index in [0.29, 0.717) is 29.0 Å². The molecular weight excluding hydrogens is 460 g/mol. The van der Waals surface area contributed by atoms with Crippen LogP contribution in [0.5, 0.6) is 5.75 Å². The Kier molecular flexibility index (Phi) is 7.35. The molecule has 194 valence electrons. The molecule has 2 aromatic rings. The summed E-state index contributed by atoms with van der Waals surface area (Å²) in [6.45, 7) is 5.33. The first-order valence-electron chi connectivity index (χ1n) is 12.5. The zero-order chi connectivity index (χ0) is 26.0. The van der Waals surface area contributed by atoms with Crippen molar-refractivity contribution < 1.29 is 19.4 Å². The lowest BCUT2D eigenvalue weighted by molar-refractivity contribution is -0.120. The van der Waals surface area contributed by atoms with Crippen molar-refractivity contribution in [2.45, 2.75) is 70.5 Å². The molecule has 2 aromatic heterocycles. The summed E-state index contributed by atoms with van der Waals surface area (Å²) < 4.78 is 5.50. The number of nitrogens with one attached hydrogen (secondary N) is 2. The first kappa shape index (κ1) is 25.7. The third-order valence-corrected chi connectivity index (χ3v) is 6.99. The van der Waals surface area contributed by atoms with E-state index in [4.69, 9.17) is 4.74 Å². The number of anilines is 4. The molecule has 1 aliphatic heterocycles. The van der Waals surface area contributed by atoms with Gasteiger partial charge in [0.25, 0.3) is 5.91 Å². The van der Waals surface area contributed by atoms with Gasteiger partial charge in [0.2, 0.25) is 5.91 Å². The molecule has 0 bridgehead atoms. The summed E-state index contributed by atoms with van der Waals surface area (Å²) in [5.41, 5.74) is 1.33. The predicted molar refractivity (Wildman–Crippen MR) is 139 cm³/mol. The van der Waals surface area contributed by atoms with Gasteiger partial charge in [-0.15, -0.1) is 0 Å². The van der Waals surface area contributed by atoms with Crippen LogP contribution < -0.4 is 25.2 Å². The van der Waals surface area contributed by atoms with Crippen LogP contribution in [0.2, 0.25) is 0 Å². The number of pyridine rings is 2. The Bertz CT molecular complexity index is 1130. The number of aliphatic hydroxyl groups is 1. The molecule has 1 unspecified atom stereocenters. The molecule has 0 radical (unpaired) electrons. The molecule has 1 saturated carbocycles. The van der Waals surface area contributed by atoms with Crippen molar-refractivity contribution in [2.24, 2.45) is 0 Å². The van der Waals surface area contributed by atoms with Crippen LogP contribution in [0.4, 0.5) is 23.0 Å². The zero-order valence-corrected chi connectivity index (χ0v) is 21.7. The van der Waals surface area contributed by atoms with Crippen LogP contribution in [0.25, 0.3) is 0 Å². The van der Waals surface area contributed by atoms with Crippen molar-refractivity contribution in [1.29, 1.82) is 0 Å². The van der Waals surface area contributed by atoms with Crippen LogP contribution in [-0.4, -0.2) is 65.3 Å². The van der Waals surface area contributed by atoms with Crippen LogP contribution in [-0.2, 0) is 4.79 Å². The maximum Gasteiger partial charge on any atom is 0.253 e. The number of hydrogen-bond acceptors (Lipinski definition) is 8. The van der Waals surface area contributed by atoms with Gasteiger partial charge in [-0.05, 0) is 39.2 Å². The molecule has 2 aliphatic rings. The van der Waals surface area contributed by atoms with E-state index < -0.39 is 5.54 Å².